The Balaban J connectivity index is 1.60. The van der Waals surface area contributed by atoms with E-state index in [4.69, 9.17) is 0 Å². The van der Waals surface area contributed by atoms with Crippen LogP contribution >= 0.6 is 0 Å². The van der Waals surface area contributed by atoms with Crippen LogP contribution in [0.5, 0.6) is 0 Å². The monoisotopic (exact) mass is 387 g/mol. The van der Waals surface area contributed by atoms with E-state index in [1.165, 1.54) is 10.5 Å². The number of rotatable bonds is 5. The van der Waals surface area contributed by atoms with E-state index >= 15 is 0 Å². The summed E-state index contributed by atoms with van der Waals surface area (Å²) in [4.78, 5) is 0.229. The van der Waals surface area contributed by atoms with Gasteiger partial charge < -0.3 is 0 Å². The fourth-order valence-electron chi connectivity index (χ4n) is 3.37. The largest absolute Gasteiger partial charge is 0.272 e. The number of para-hydroxylation sites is 1. The van der Waals surface area contributed by atoms with E-state index in [1.54, 1.807) is 15.6 Å². The standard InChI is InChI=1S/C17H21N7O2S/c1-2-22-13-16(11-18-22)27(25,26)23-10-6-7-14(12-23)17-19-20-21-24(17)15-8-4-3-5-9-15/h3-5,8-9,11,13-14H,2,6-7,10,12H2,1H3. The van der Waals surface area contributed by atoms with Crippen LogP contribution in [0.3, 0.4) is 0 Å². The molecule has 0 saturated carbocycles. The minimum atomic E-state index is -3.58. The zero-order valence-electron chi connectivity index (χ0n) is 15.0. The third kappa shape index (κ3) is 3.37. The van der Waals surface area contributed by atoms with E-state index in [0.717, 1.165) is 18.5 Å². The molecule has 9 nitrogen and oxygen atoms in total. The van der Waals surface area contributed by atoms with E-state index in [2.05, 4.69) is 20.6 Å². The van der Waals surface area contributed by atoms with Crippen molar-refractivity contribution in [2.24, 2.45) is 0 Å². The molecular formula is C17H21N7O2S. The summed E-state index contributed by atoms with van der Waals surface area (Å²) in [6.07, 6.45) is 4.59. The van der Waals surface area contributed by atoms with Crippen molar-refractivity contribution in [2.45, 2.75) is 37.1 Å². The molecule has 1 aromatic carbocycles. The number of benzene rings is 1. The first-order chi connectivity index (χ1) is 13.1. The van der Waals surface area contributed by atoms with Gasteiger partial charge in [0.1, 0.15) is 4.90 Å². The van der Waals surface area contributed by atoms with E-state index in [1.807, 2.05) is 37.3 Å². The minimum Gasteiger partial charge on any atom is -0.272 e. The van der Waals surface area contributed by atoms with E-state index in [-0.39, 0.29) is 10.8 Å². The molecule has 3 heterocycles. The van der Waals surface area contributed by atoms with E-state index in [0.29, 0.717) is 25.5 Å². The first-order valence-corrected chi connectivity index (χ1v) is 10.4. The Morgan fingerprint density at radius 3 is 2.78 bits per heavy atom. The van der Waals surface area contributed by atoms with Crippen LogP contribution in [-0.2, 0) is 16.6 Å². The summed E-state index contributed by atoms with van der Waals surface area (Å²) < 4.78 is 30.8. The summed E-state index contributed by atoms with van der Waals surface area (Å²) in [5.74, 6) is 0.621. The highest BCUT2D eigenvalue weighted by molar-refractivity contribution is 7.89. The molecule has 0 bridgehead atoms. The van der Waals surface area contributed by atoms with Crippen molar-refractivity contribution >= 4 is 10.0 Å². The maximum absolute atomic E-state index is 13.0. The van der Waals surface area contributed by atoms with Crippen LogP contribution in [0.15, 0.2) is 47.6 Å². The lowest BCUT2D eigenvalue weighted by molar-refractivity contribution is 0.306. The van der Waals surface area contributed by atoms with Gasteiger partial charge in [-0.25, -0.2) is 8.42 Å². The van der Waals surface area contributed by atoms with Crippen molar-refractivity contribution in [1.29, 1.82) is 0 Å². The topological polar surface area (TPSA) is 98.8 Å². The fourth-order valence-corrected chi connectivity index (χ4v) is 4.85. The van der Waals surface area contributed by atoms with Crippen LogP contribution in [0.4, 0.5) is 0 Å². The van der Waals surface area contributed by atoms with E-state index in [9.17, 15) is 8.42 Å². The molecule has 0 amide bonds. The number of hydrogen-bond donors (Lipinski definition) is 0. The first-order valence-electron chi connectivity index (χ1n) is 8.96. The van der Waals surface area contributed by atoms with Crippen molar-refractivity contribution in [3.8, 4) is 5.69 Å². The van der Waals surface area contributed by atoms with Gasteiger partial charge >= 0.3 is 0 Å². The van der Waals surface area contributed by atoms with Crippen molar-refractivity contribution in [1.82, 2.24) is 34.3 Å². The number of sulfonamides is 1. The van der Waals surface area contributed by atoms with Gasteiger partial charge in [-0.1, -0.05) is 18.2 Å². The van der Waals surface area contributed by atoms with Crippen molar-refractivity contribution < 1.29 is 8.42 Å². The number of nitrogens with zero attached hydrogens (tertiary/aromatic N) is 7. The molecule has 142 valence electrons. The molecule has 2 aromatic heterocycles. The maximum atomic E-state index is 13.0. The summed E-state index contributed by atoms with van der Waals surface area (Å²) in [6.45, 7) is 3.39. The highest BCUT2D eigenvalue weighted by Gasteiger charge is 2.34. The average Bonchev–Trinajstić information content (AvgIpc) is 3.38. The quantitative estimate of drug-likeness (QED) is 0.657. The summed E-state index contributed by atoms with van der Waals surface area (Å²) in [5.41, 5.74) is 0.863. The van der Waals surface area contributed by atoms with Gasteiger partial charge in [0.2, 0.25) is 10.0 Å². The van der Waals surface area contributed by atoms with Gasteiger partial charge in [-0.3, -0.25) is 4.68 Å². The molecule has 1 saturated heterocycles. The summed E-state index contributed by atoms with van der Waals surface area (Å²) in [7, 11) is -3.58. The van der Waals surface area contributed by atoms with E-state index < -0.39 is 10.0 Å². The molecule has 1 atom stereocenters. The zero-order valence-corrected chi connectivity index (χ0v) is 15.8. The van der Waals surface area contributed by atoms with Gasteiger partial charge in [0.05, 0.1) is 11.9 Å². The number of aryl methyl sites for hydroxylation is 1. The number of tetrazole rings is 1. The normalized spacial score (nSPS) is 18.6. The number of piperidine rings is 1. The fraction of sp³-hybridized carbons (Fsp3) is 0.412. The van der Waals surface area contributed by atoms with Crippen LogP contribution in [-0.4, -0.2) is 55.8 Å². The molecule has 3 aromatic rings. The third-order valence-corrected chi connectivity index (χ3v) is 6.63. The second kappa shape index (κ2) is 7.20. The van der Waals surface area contributed by atoms with Crippen molar-refractivity contribution in [3.05, 3.63) is 48.5 Å². The Morgan fingerprint density at radius 2 is 2.04 bits per heavy atom. The Morgan fingerprint density at radius 1 is 1.22 bits per heavy atom. The third-order valence-electron chi connectivity index (χ3n) is 4.81. The van der Waals surface area contributed by atoms with Crippen LogP contribution in [0.2, 0.25) is 0 Å². The molecule has 0 aliphatic carbocycles. The van der Waals surface area contributed by atoms with Gasteiger partial charge in [0.15, 0.2) is 5.82 Å². The molecule has 0 spiro atoms. The molecule has 1 fully saturated rings. The SMILES string of the molecule is CCn1cc(S(=O)(=O)N2CCCC(c3nnnn3-c3ccccc3)C2)cn1. The number of aromatic nitrogens is 6. The van der Waals surface area contributed by atoms with Gasteiger partial charge in [-0.05, 0) is 42.3 Å². The lowest BCUT2D eigenvalue weighted by atomic mass is 9.99. The second-order valence-corrected chi connectivity index (χ2v) is 8.46. The predicted molar refractivity (Wildman–Crippen MR) is 97.8 cm³/mol. The Hall–Kier alpha value is -2.59. The predicted octanol–water partition coefficient (Wildman–Crippen LogP) is 1.45. The molecule has 1 aliphatic heterocycles. The molecule has 1 unspecified atom stereocenters. The average molecular weight is 387 g/mol. The molecular weight excluding hydrogens is 366 g/mol. The first kappa shape index (κ1) is 17.8. The lowest BCUT2D eigenvalue weighted by Gasteiger charge is -2.30. The van der Waals surface area contributed by atoms with Gasteiger partial charge in [0, 0.05) is 31.7 Å². The van der Waals surface area contributed by atoms with Crippen molar-refractivity contribution in [2.75, 3.05) is 13.1 Å². The molecule has 27 heavy (non-hydrogen) atoms. The smallest absolute Gasteiger partial charge is 0.246 e. The van der Waals surface area contributed by atoms with Crippen LogP contribution in [0.25, 0.3) is 5.69 Å². The maximum Gasteiger partial charge on any atom is 0.246 e. The molecule has 0 radical (unpaired) electrons. The highest BCUT2D eigenvalue weighted by atomic mass is 32.2. The van der Waals surface area contributed by atoms with Crippen LogP contribution in [0, 0.1) is 0 Å². The van der Waals surface area contributed by atoms with Crippen LogP contribution < -0.4 is 0 Å². The minimum absolute atomic E-state index is 0.0649. The Bertz CT molecular complexity index is 1010. The lowest BCUT2D eigenvalue weighted by Crippen LogP contribution is -2.39. The van der Waals surface area contributed by atoms with Crippen molar-refractivity contribution in [3.63, 3.8) is 0 Å². The molecule has 1 aliphatic rings. The van der Waals surface area contributed by atoms with Gasteiger partial charge in [-0.2, -0.15) is 14.1 Å². The van der Waals surface area contributed by atoms with Gasteiger partial charge in [-0.15, -0.1) is 5.10 Å². The Labute approximate surface area is 157 Å². The second-order valence-electron chi connectivity index (χ2n) is 6.52. The molecule has 0 N–H and O–H groups in total. The van der Waals surface area contributed by atoms with Gasteiger partial charge in [0.25, 0.3) is 0 Å². The highest BCUT2D eigenvalue weighted by Crippen LogP contribution is 2.29. The summed E-state index contributed by atoms with van der Waals surface area (Å²) in [5, 5.41) is 16.2. The Kier molecular flexibility index (Phi) is 4.75. The van der Waals surface area contributed by atoms with Crippen LogP contribution in [0.1, 0.15) is 31.5 Å². The number of hydrogen-bond acceptors (Lipinski definition) is 6. The summed E-state index contributed by atoms with van der Waals surface area (Å²) in [6, 6.07) is 9.62. The zero-order chi connectivity index (χ0) is 18.9. The summed E-state index contributed by atoms with van der Waals surface area (Å²) >= 11 is 0. The molecule has 10 heteroatoms. The molecule has 4 rings (SSSR count).